The van der Waals surface area contributed by atoms with E-state index in [0.29, 0.717) is 41.2 Å². The van der Waals surface area contributed by atoms with Gasteiger partial charge in [-0.1, -0.05) is 24.3 Å². The highest BCUT2D eigenvalue weighted by molar-refractivity contribution is 6.05. The maximum atomic E-state index is 12.5. The maximum absolute atomic E-state index is 12.5. The molecule has 150 valence electrons. The fourth-order valence-electron chi connectivity index (χ4n) is 3.61. The number of para-hydroxylation sites is 2. The molecule has 4 N–H and O–H groups in total. The minimum Gasteiger partial charge on any atom is -0.397 e. The summed E-state index contributed by atoms with van der Waals surface area (Å²) in [5, 5.41) is 12.0. The Bertz CT molecular complexity index is 1230. The molecule has 7 nitrogen and oxygen atoms in total. The van der Waals surface area contributed by atoms with Crippen molar-refractivity contribution in [3.63, 3.8) is 0 Å². The zero-order valence-electron chi connectivity index (χ0n) is 16.3. The second kappa shape index (κ2) is 8.13. The van der Waals surface area contributed by atoms with Gasteiger partial charge in [-0.05, 0) is 55.2 Å². The first kappa shape index (κ1) is 19.3. The summed E-state index contributed by atoms with van der Waals surface area (Å²) in [4.78, 5) is 27.8. The standard InChI is InChI=1S/C23H21N5O2/c24-13-16-4-3-7-21-20(12-16)27-23(30)28(21)14-15-8-10-17(11-9-15)22(29)26-19-6-2-1-5-18(19)25/h1-2,5-6,8-12H,3-4,7,14,25H2,(H,26,29)(H,27,30). The third kappa shape index (κ3) is 3.89. The van der Waals surface area contributed by atoms with Crippen molar-refractivity contribution in [2.75, 3.05) is 11.1 Å². The van der Waals surface area contributed by atoms with E-state index in [0.717, 1.165) is 24.1 Å². The molecule has 0 radical (unpaired) electrons. The first-order valence-corrected chi connectivity index (χ1v) is 9.72. The van der Waals surface area contributed by atoms with Gasteiger partial charge in [0.1, 0.15) is 0 Å². The third-order valence-corrected chi connectivity index (χ3v) is 5.21. The first-order valence-electron chi connectivity index (χ1n) is 9.72. The molecule has 0 spiro atoms. The number of allylic oxidation sites excluding steroid dienone is 1. The van der Waals surface area contributed by atoms with Crippen molar-refractivity contribution >= 4 is 23.4 Å². The second-order valence-corrected chi connectivity index (χ2v) is 7.25. The number of nitrogens with one attached hydrogen (secondary N) is 2. The summed E-state index contributed by atoms with van der Waals surface area (Å²) in [5.74, 6) is -0.249. The Morgan fingerprint density at radius 3 is 2.67 bits per heavy atom. The van der Waals surface area contributed by atoms with Crippen LogP contribution in [0.5, 0.6) is 0 Å². The normalized spacial score (nSPS) is 13.0. The highest BCUT2D eigenvalue weighted by Gasteiger charge is 2.17. The molecule has 7 heteroatoms. The van der Waals surface area contributed by atoms with Gasteiger partial charge in [0.2, 0.25) is 0 Å². The van der Waals surface area contributed by atoms with Gasteiger partial charge >= 0.3 is 5.69 Å². The van der Waals surface area contributed by atoms with Gasteiger partial charge in [0.05, 0.1) is 29.7 Å². The summed E-state index contributed by atoms with van der Waals surface area (Å²) in [6, 6.07) is 16.4. The largest absolute Gasteiger partial charge is 0.397 e. The van der Waals surface area contributed by atoms with Crippen LogP contribution in [0.3, 0.4) is 0 Å². The number of imidazole rings is 1. The van der Waals surface area contributed by atoms with E-state index in [-0.39, 0.29) is 11.6 Å². The summed E-state index contributed by atoms with van der Waals surface area (Å²) in [7, 11) is 0. The number of aromatic amines is 1. The number of nitriles is 1. The van der Waals surface area contributed by atoms with Crippen LogP contribution in [0.4, 0.5) is 11.4 Å². The average molecular weight is 399 g/mol. The predicted octanol–water partition coefficient (Wildman–Crippen LogP) is 3.30. The van der Waals surface area contributed by atoms with Gasteiger partial charge in [0.15, 0.2) is 0 Å². The molecule has 3 aromatic rings. The lowest BCUT2D eigenvalue weighted by molar-refractivity contribution is 0.102. The summed E-state index contributed by atoms with van der Waals surface area (Å²) in [5.41, 5.74) is 10.5. The second-order valence-electron chi connectivity index (χ2n) is 7.25. The maximum Gasteiger partial charge on any atom is 0.326 e. The molecule has 1 aromatic heterocycles. The topological polar surface area (TPSA) is 117 Å². The number of nitrogens with two attached hydrogens (primary N) is 1. The molecule has 0 atom stereocenters. The molecule has 0 fully saturated rings. The number of rotatable bonds is 4. The number of nitrogen functional groups attached to an aromatic ring is 1. The van der Waals surface area contributed by atoms with Gasteiger partial charge < -0.3 is 16.0 Å². The number of carbonyl (C=O) groups excluding carboxylic acids is 1. The summed E-state index contributed by atoms with van der Waals surface area (Å²) in [6.07, 6.45) is 4.03. The van der Waals surface area contributed by atoms with Crippen molar-refractivity contribution in [2.24, 2.45) is 0 Å². The number of hydrogen-bond acceptors (Lipinski definition) is 4. The van der Waals surface area contributed by atoms with Crippen molar-refractivity contribution in [3.05, 3.63) is 87.1 Å². The van der Waals surface area contributed by atoms with E-state index in [1.807, 2.05) is 12.1 Å². The minimum absolute atomic E-state index is 0.197. The average Bonchev–Trinajstić information content (AvgIpc) is 2.90. The molecule has 0 saturated carbocycles. The first-order chi connectivity index (χ1) is 14.5. The number of H-pyrrole nitrogens is 1. The van der Waals surface area contributed by atoms with Crippen LogP contribution in [-0.4, -0.2) is 15.5 Å². The van der Waals surface area contributed by atoms with E-state index in [2.05, 4.69) is 16.4 Å². The van der Waals surface area contributed by atoms with E-state index >= 15 is 0 Å². The van der Waals surface area contributed by atoms with Crippen LogP contribution in [0.2, 0.25) is 0 Å². The number of hydrogen-bond donors (Lipinski definition) is 3. The van der Waals surface area contributed by atoms with Crippen molar-refractivity contribution < 1.29 is 4.79 Å². The number of nitrogens with zero attached hydrogens (tertiary/aromatic N) is 2. The Labute approximate surface area is 173 Å². The lowest BCUT2D eigenvalue weighted by Crippen LogP contribution is -2.20. The quantitative estimate of drug-likeness (QED) is 0.584. The Kier molecular flexibility index (Phi) is 5.22. The summed E-state index contributed by atoms with van der Waals surface area (Å²) >= 11 is 0. The third-order valence-electron chi connectivity index (χ3n) is 5.21. The lowest BCUT2D eigenvalue weighted by Gasteiger charge is -2.10. The van der Waals surface area contributed by atoms with Crippen LogP contribution < -0.4 is 16.7 Å². The van der Waals surface area contributed by atoms with Gasteiger partial charge in [-0.25, -0.2) is 4.79 Å². The Morgan fingerprint density at radius 1 is 1.17 bits per heavy atom. The molecule has 0 aliphatic heterocycles. The molecular formula is C23H21N5O2. The van der Waals surface area contributed by atoms with E-state index < -0.39 is 0 Å². The predicted molar refractivity (Wildman–Crippen MR) is 116 cm³/mol. The van der Waals surface area contributed by atoms with Crippen molar-refractivity contribution in [1.29, 1.82) is 5.26 Å². The molecule has 0 saturated heterocycles. The molecule has 2 aromatic carbocycles. The molecule has 1 aliphatic carbocycles. The van der Waals surface area contributed by atoms with Gasteiger partial charge in [-0.3, -0.25) is 9.36 Å². The Hall–Kier alpha value is -4.05. The van der Waals surface area contributed by atoms with Crippen LogP contribution in [0.1, 0.15) is 40.2 Å². The van der Waals surface area contributed by atoms with E-state index in [9.17, 15) is 14.9 Å². The highest BCUT2D eigenvalue weighted by atomic mass is 16.2. The zero-order valence-corrected chi connectivity index (χ0v) is 16.3. The molecule has 1 heterocycles. The number of anilines is 2. The Morgan fingerprint density at radius 2 is 1.93 bits per heavy atom. The van der Waals surface area contributed by atoms with Crippen molar-refractivity contribution in [2.45, 2.75) is 25.8 Å². The number of carbonyl (C=O) groups is 1. The SMILES string of the molecule is N#CC1=Cc2[nH]c(=O)n(Cc3ccc(C(=O)Nc4ccccc4N)cc3)c2CCC1. The van der Waals surface area contributed by atoms with E-state index in [4.69, 9.17) is 5.73 Å². The minimum atomic E-state index is -0.249. The monoisotopic (exact) mass is 399 g/mol. The molecule has 0 unspecified atom stereocenters. The van der Waals surface area contributed by atoms with Gasteiger partial charge in [0, 0.05) is 16.8 Å². The molecule has 0 bridgehead atoms. The van der Waals surface area contributed by atoms with E-state index in [1.54, 1.807) is 47.0 Å². The number of benzene rings is 2. The van der Waals surface area contributed by atoms with Gasteiger partial charge in [-0.2, -0.15) is 5.26 Å². The number of fused-ring (bicyclic) bond motifs is 1. The van der Waals surface area contributed by atoms with Crippen molar-refractivity contribution in [1.82, 2.24) is 9.55 Å². The van der Waals surface area contributed by atoms with Crippen LogP contribution in [0, 0.1) is 11.3 Å². The van der Waals surface area contributed by atoms with Crippen molar-refractivity contribution in [3.8, 4) is 6.07 Å². The lowest BCUT2D eigenvalue weighted by atomic mass is 10.1. The van der Waals surface area contributed by atoms with Crippen LogP contribution >= 0.6 is 0 Å². The van der Waals surface area contributed by atoms with Crippen LogP contribution in [0.25, 0.3) is 6.08 Å². The number of aromatic nitrogens is 2. The summed E-state index contributed by atoms with van der Waals surface area (Å²) in [6.45, 7) is 0.397. The van der Waals surface area contributed by atoms with E-state index in [1.165, 1.54) is 0 Å². The molecular weight excluding hydrogens is 378 g/mol. The zero-order chi connectivity index (χ0) is 21.1. The smallest absolute Gasteiger partial charge is 0.326 e. The molecule has 1 aliphatic rings. The Balaban J connectivity index is 1.52. The highest BCUT2D eigenvalue weighted by Crippen LogP contribution is 2.22. The molecule has 1 amide bonds. The fourth-order valence-corrected chi connectivity index (χ4v) is 3.61. The number of amides is 1. The van der Waals surface area contributed by atoms with Crippen LogP contribution in [-0.2, 0) is 13.0 Å². The van der Waals surface area contributed by atoms with Gasteiger partial charge in [-0.15, -0.1) is 0 Å². The molecule has 4 rings (SSSR count). The fraction of sp³-hybridized carbons (Fsp3) is 0.174. The van der Waals surface area contributed by atoms with Gasteiger partial charge in [0.25, 0.3) is 5.91 Å². The molecule has 30 heavy (non-hydrogen) atoms. The summed E-state index contributed by atoms with van der Waals surface area (Å²) < 4.78 is 1.70. The van der Waals surface area contributed by atoms with Crippen LogP contribution in [0.15, 0.2) is 58.9 Å².